The lowest BCUT2D eigenvalue weighted by Gasteiger charge is -2.06. The van der Waals surface area contributed by atoms with Gasteiger partial charge in [-0.15, -0.1) is 0 Å². The molecule has 0 atom stereocenters. The van der Waals surface area contributed by atoms with E-state index in [-0.39, 0.29) is 0 Å². The maximum atomic E-state index is 5.25. The molecule has 6 nitrogen and oxygen atoms in total. The second-order valence-electron chi connectivity index (χ2n) is 2.72. The van der Waals surface area contributed by atoms with Crippen LogP contribution in [-0.2, 0) is 19.0 Å². The molecule has 15 heavy (non-hydrogen) atoms. The monoisotopic (exact) mass is 222 g/mol. The van der Waals surface area contributed by atoms with Crippen molar-refractivity contribution >= 4 is 0 Å². The molecule has 0 aliphatic rings. The van der Waals surface area contributed by atoms with Gasteiger partial charge in [-0.2, -0.15) is 0 Å². The fraction of sp³-hybridized carbons (Fsp3) is 1.00. The molecule has 0 spiro atoms. The quantitative estimate of drug-likeness (QED) is 0.331. The van der Waals surface area contributed by atoms with Gasteiger partial charge in [-0.1, -0.05) is 0 Å². The second-order valence-corrected chi connectivity index (χ2v) is 2.72. The molecule has 0 heterocycles. The van der Waals surface area contributed by atoms with Crippen LogP contribution in [0.4, 0.5) is 0 Å². The lowest BCUT2D eigenvalue weighted by molar-refractivity contribution is 0.00717. The zero-order valence-electron chi connectivity index (χ0n) is 9.37. The number of hydrogen-bond donors (Lipinski definition) is 2. The molecule has 3 N–H and O–H groups in total. The molecule has 92 valence electrons. The Morgan fingerprint density at radius 3 is 1.93 bits per heavy atom. The molecule has 0 saturated heterocycles. The minimum absolute atomic E-state index is 0.551. The Hall–Kier alpha value is -0.240. The third-order valence-electron chi connectivity index (χ3n) is 1.50. The van der Waals surface area contributed by atoms with E-state index in [0.29, 0.717) is 52.7 Å². The number of nitrogens with one attached hydrogen (secondary N) is 1. The zero-order chi connectivity index (χ0) is 11.2. The van der Waals surface area contributed by atoms with Gasteiger partial charge in [0.25, 0.3) is 0 Å². The summed E-state index contributed by atoms with van der Waals surface area (Å²) in [6.45, 7) is 4.76. The molecule has 0 aliphatic carbocycles. The van der Waals surface area contributed by atoms with Gasteiger partial charge >= 0.3 is 0 Å². The minimum atomic E-state index is 0.551. The van der Waals surface area contributed by atoms with Crippen molar-refractivity contribution < 1.29 is 19.0 Å². The third-order valence-corrected chi connectivity index (χ3v) is 1.50. The van der Waals surface area contributed by atoms with Gasteiger partial charge in [-0.3, -0.25) is 0 Å². The summed E-state index contributed by atoms with van der Waals surface area (Å²) in [5.74, 6) is 0. The van der Waals surface area contributed by atoms with Crippen LogP contribution in [0.5, 0.6) is 0 Å². The van der Waals surface area contributed by atoms with Gasteiger partial charge in [-0.25, -0.2) is 5.48 Å². The molecular weight excluding hydrogens is 200 g/mol. The van der Waals surface area contributed by atoms with Gasteiger partial charge in [0.15, 0.2) is 0 Å². The molecule has 0 fully saturated rings. The molecule has 0 aromatic carbocycles. The first-order valence-electron chi connectivity index (χ1n) is 5.11. The highest BCUT2D eigenvalue weighted by Crippen LogP contribution is 1.80. The molecule has 0 aromatic heterocycles. The van der Waals surface area contributed by atoms with Crippen LogP contribution in [0.2, 0.25) is 0 Å². The SMILES string of the molecule is CONCCOCCOCCOCCN. The van der Waals surface area contributed by atoms with Crippen LogP contribution in [-0.4, -0.2) is 59.8 Å². The normalized spacial score (nSPS) is 10.8. The number of rotatable bonds is 12. The molecule has 0 radical (unpaired) electrons. The van der Waals surface area contributed by atoms with Crippen molar-refractivity contribution in [2.45, 2.75) is 0 Å². The van der Waals surface area contributed by atoms with Crippen molar-refractivity contribution in [3.63, 3.8) is 0 Å². The van der Waals surface area contributed by atoms with E-state index < -0.39 is 0 Å². The van der Waals surface area contributed by atoms with Crippen molar-refractivity contribution in [1.29, 1.82) is 0 Å². The Morgan fingerprint density at radius 2 is 1.40 bits per heavy atom. The number of hydroxylamine groups is 1. The highest BCUT2D eigenvalue weighted by molar-refractivity contribution is 4.36. The molecule has 0 bridgehead atoms. The first-order chi connectivity index (χ1) is 7.41. The molecule has 0 amide bonds. The summed E-state index contributed by atoms with van der Waals surface area (Å²) in [5.41, 5.74) is 7.92. The van der Waals surface area contributed by atoms with E-state index in [1.165, 1.54) is 0 Å². The zero-order valence-corrected chi connectivity index (χ0v) is 9.37. The van der Waals surface area contributed by atoms with E-state index in [1.54, 1.807) is 7.11 Å². The Bertz CT molecular complexity index is 104. The minimum Gasteiger partial charge on any atom is -0.378 e. The lowest BCUT2D eigenvalue weighted by Crippen LogP contribution is -2.19. The van der Waals surface area contributed by atoms with Gasteiger partial charge in [0.05, 0.1) is 46.8 Å². The maximum absolute atomic E-state index is 5.25. The second kappa shape index (κ2) is 13.8. The van der Waals surface area contributed by atoms with E-state index in [4.69, 9.17) is 19.9 Å². The average molecular weight is 222 g/mol. The van der Waals surface area contributed by atoms with E-state index in [1.807, 2.05) is 0 Å². The summed E-state index contributed by atoms with van der Waals surface area (Å²) in [5, 5.41) is 0. The maximum Gasteiger partial charge on any atom is 0.0701 e. The van der Waals surface area contributed by atoms with Crippen molar-refractivity contribution in [3.8, 4) is 0 Å². The summed E-state index contributed by atoms with van der Waals surface area (Å²) in [4.78, 5) is 4.64. The van der Waals surface area contributed by atoms with E-state index >= 15 is 0 Å². The predicted octanol–water partition coefficient (Wildman–Crippen LogP) is -0.854. The largest absolute Gasteiger partial charge is 0.378 e. The van der Waals surface area contributed by atoms with Crippen LogP contribution in [0, 0.1) is 0 Å². The molecule has 0 rings (SSSR count). The first-order valence-corrected chi connectivity index (χ1v) is 5.11. The Morgan fingerprint density at radius 1 is 0.867 bits per heavy atom. The highest BCUT2D eigenvalue weighted by Gasteiger charge is 1.90. The molecule has 6 heteroatoms. The van der Waals surface area contributed by atoms with Crippen LogP contribution in [0.15, 0.2) is 0 Å². The molecule has 0 aromatic rings. The molecular formula is C9H22N2O4. The van der Waals surface area contributed by atoms with Gasteiger partial charge in [0.2, 0.25) is 0 Å². The summed E-state index contributed by atoms with van der Waals surface area (Å²) in [6, 6.07) is 0. The lowest BCUT2D eigenvalue weighted by atomic mass is 10.7. The van der Waals surface area contributed by atoms with E-state index in [0.717, 1.165) is 0 Å². The summed E-state index contributed by atoms with van der Waals surface area (Å²) in [6.07, 6.45) is 0. The van der Waals surface area contributed by atoms with Crippen molar-refractivity contribution in [3.05, 3.63) is 0 Å². The smallest absolute Gasteiger partial charge is 0.0701 e. The van der Waals surface area contributed by atoms with Crippen LogP contribution in [0.25, 0.3) is 0 Å². The van der Waals surface area contributed by atoms with Crippen LogP contribution < -0.4 is 11.2 Å². The fourth-order valence-electron chi connectivity index (χ4n) is 0.841. The van der Waals surface area contributed by atoms with Crippen molar-refractivity contribution in [2.75, 3.05) is 59.8 Å². The van der Waals surface area contributed by atoms with Gasteiger partial charge in [-0.05, 0) is 0 Å². The number of hydrogen-bond acceptors (Lipinski definition) is 6. The Balaban J connectivity index is 2.81. The van der Waals surface area contributed by atoms with Gasteiger partial charge < -0.3 is 24.8 Å². The third kappa shape index (κ3) is 13.8. The summed E-state index contributed by atoms with van der Waals surface area (Å²) in [7, 11) is 1.57. The Labute approximate surface area is 91.0 Å². The standard InChI is InChI=1S/C9H22N2O4/c1-12-11-3-5-14-7-9-15-8-6-13-4-2-10/h11H,2-10H2,1H3. The van der Waals surface area contributed by atoms with Crippen LogP contribution >= 0.6 is 0 Å². The van der Waals surface area contributed by atoms with Gasteiger partial charge in [0.1, 0.15) is 0 Å². The van der Waals surface area contributed by atoms with Crippen molar-refractivity contribution in [2.24, 2.45) is 5.73 Å². The van der Waals surface area contributed by atoms with Crippen LogP contribution in [0.1, 0.15) is 0 Å². The highest BCUT2D eigenvalue weighted by atomic mass is 16.6. The Kier molecular flexibility index (Phi) is 13.5. The van der Waals surface area contributed by atoms with Crippen molar-refractivity contribution in [1.82, 2.24) is 5.48 Å². The van der Waals surface area contributed by atoms with E-state index in [2.05, 4.69) is 10.3 Å². The summed E-state index contributed by atoms with van der Waals surface area (Å²) >= 11 is 0. The predicted molar refractivity (Wildman–Crippen MR) is 56.5 cm³/mol. The van der Waals surface area contributed by atoms with Gasteiger partial charge in [0, 0.05) is 13.1 Å². The number of nitrogens with two attached hydrogens (primary N) is 1. The molecule has 0 aliphatic heterocycles. The molecule has 0 saturated carbocycles. The van der Waals surface area contributed by atoms with Crippen LogP contribution in [0.3, 0.4) is 0 Å². The topological polar surface area (TPSA) is 75.0 Å². The fourth-order valence-corrected chi connectivity index (χ4v) is 0.841. The summed E-state index contributed by atoms with van der Waals surface area (Å²) < 4.78 is 15.6. The average Bonchev–Trinajstić information content (AvgIpc) is 2.26. The van der Waals surface area contributed by atoms with E-state index in [9.17, 15) is 0 Å². The molecule has 0 unspecified atom stereocenters. The number of ether oxygens (including phenoxy) is 3. The first kappa shape index (κ1) is 14.8.